The molecule has 0 heterocycles. The summed E-state index contributed by atoms with van der Waals surface area (Å²) in [6.07, 6.45) is 6.34. The Morgan fingerprint density at radius 2 is 1.77 bits per heavy atom. The molecular formula is C30H42O5. The van der Waals surface area contributed by atoms with Crippen molar-refractivity contribution in [3.63, 3.8) is 0 Å². The molecule has 0 amide bonds. The van der Waals surface area contributed by atoms with E-state index >= 15 is 0 Å². The highest BCUT2D eigenvalue weighted by molar-refractivity contribution is 5.96. The first kappa shape index (κ1) is 26.1. The van der Waals surface area contributed by atoms with Crippen LogP contribution < -0.4 is 0 Å². The molecule has 0 aromatic carbocycles. The molecule has 3 fully saturated rings. The number of hydrogen-bond acceptors (Lipinski definition) is 5. The number of carbonyl (C=O) groups is 3. The van der Waals surface area contributed by atoms with Gasteiger partial charge in [0.05, 0.1) is 5.92 Å². The van der Waals surface area contributed by atoms with Crippen LogP contribution in [-0.2, 0) is 19.1 Å². The largest absolute Gasteiger partial charge is 0.457 e. The quantitative estimate of drug-likeness (QED) is 0.332. The van der Waals surface area contributed by atoms with Gasteiger partial charge in [0.25, 0.3) is 0 Å². The van der Waals surface area contributed by atoms with Crippen molar-refractivity contribution in [2.24, 2.45) is 40.4 Å². The molecule has 0 bridgehead atoms. The molecule has 0 aromatic rings. The predicted molar refractivity (Wildman–Crippen MR) is 135 cm³/mol. The highest BCUT2D eigenvalue weighted by atomic mass is 16.5. The third-order valence-corrected chi connectivity index (χ3v) is 9.97. The number of carbonyl (C=O) groups excluding carboxylic acids is 3. The smallest absolute Gasteiger partial charge is 0.309 e. The Hall–Kier alpha value is -2.01. The van der Waals surface area contributed by atoms with Crippen LogP contribution in [0.3, 0.4) is 0 Å². The van der Waals surface area contributed by atoms with Crippen molar-refractivity contribution in [2.45, 2.75) is 85.2 Å². The van der Waals surface area contributed by atoms with Crippen LogP contribution in [0.1, 0.15) is 79.1 Å². The maximum Gasteiger partial charge on any atom is 0.309 e. The second kappa shape index (κ2) is 9.46. The van der Waals surface area contributed by atoms with Crippen molar-refractivity contribution in [3.8, 4) is 0 Å². The molecule has 0 radical (unpaired) electrons. The van der Waals surface area contributed by atoms with E-state index in [0.29, 0.717) is 44.1 Å². The fourth-order valence-electron chi connectivity index (χ4n) is 7.30. The summed E-state index contributed by atoms with van der Waals surface area (Å²) < 4.78 is 6.08. The van der Waals surface area contributed by atoms with Crippen LogP contribution >= 0.6 is 0 Å². The number of aliphatic hydroxyl groups is 1. The monoisotopic (exact) mass is 482 g/mol. The number of ether oxygens (including phenoxy) is 1. The van der Waals surface area contributed by atoms with Gasteiger partial charge < -0.3 is 9.84 Å². The Morgan fingerprint density at radius 3 is 2.43 bits per heavy atom. The van der Waals surface area contributed by atoms with E-state index in [-0.39, 0.29) is 64.6 Å². The molecule has 5 heteroatoms. The van der Waals surface area contributed by atoms with E-state index in [4.69, 9.17) is 4.74 Å². The van der Waals surface area contributed by atoms with Crippen molar-refractivity contribution >= 4 is 17.5 Å². The molecule has 5 nitrogen and oxygen atoms in total. The number of hydrogen-bond donors (Lipinski definition) is 1. The number of aliphatic hydroxyl groups excluding tert-OH is 1. The lowest BCUT2D eigenvalue weighted by atomic mass is 9.50. The minimum atomic E-state index is -0.650. The van der Waals surface area contributed by atoms with Crippen LogP contribution in [-0.4, -0.2) is 35.4 Å². The van der Waals surface area contributed by atoms with E-state index in [1.807, 2.05) is 19.9 Å². The van der Waals surface area contributed by atoms with E-state index in [0.717, 1.165) is 24.0 Å². The van der Waals surface area contributed by atoms with Crippen molar-refractivity contribution in [1.29, 1.82) is 0 Å². The molecule has 1 N–H and O–H groups in total. The summed E-state index contributed by atoms with van der Waals surface area (Å²) >= 11 is 0. The molecule has 0 saturated heterocycles. The van der Waals surface area contributed by atoms with Crippen molar-refractivity contribution < 1.29 is 24.2 Å². The van der Waals surface area contributed by atoms with Gasteiger partial charge in [-0.15, -0.1) is 0 Å². The molecule has 0 aromatic heterocycles. The molecular weight excluding hydrogens is 440 g/mol. The fourth-order valence-corrected chi connectivity index (χ4v) is 7.30. The lowest BCUT2D eigenvalue weighted by Gasteiger charge is -2.54. The number of allylic oxidation sites excluding steroid dienone is 3. The molecule has 3 saturated carbocycles. The van der Waals surface area contributed by atoms with Gasteiger partial charge in [0.2, 0.25) is 0 Å². The van der Waals surface area contributed by atoms with E-state index in [9.17, 15) is 19.5 Å². The summed E-state index contributed by atoms with van der Waals surface area (Å²) in [5.74, 6) is 0.117. The second-order valence-electron chi connectivity index (χ2n) is 12.7. The third kappa shape index (κ3) is 4.73. The lowest BCUT2D eigenvalue weighted by molar-refractivity contribution is -0.164. The van der Waals surface area contributed by atoms with Crippen molar-refractivity contribution in [1.82, 2.24) is 0 Å². The SMILES string of the molecule is C=C1C(=O)CC2C(CC2(C)CO)C(=C)CCC1OC(=O)C1CCC=C(C)C(=O)CC2C1CC2(C)C. The Labute approximate surface area is 210 Å². The van der Waals surface area contributed by atoms with E-state index in [1.54, 1.807) is 0 Å². The topological polar surface area (TPSA) is 80.7 Å². The number of ketones is 2. The molecule has 4 rings (SSSR count). The lowest BCUT2D eigenvalue weighted by Crippen LogP contribution is -2.50. The molecule has 4 aliphatic carbocycles. The van der Waals surface area contributed by atoms with Crippen LogP contribution in [0.25, 0.3) is 0 Å². The minimum absolute atomic E-state index is 0.0254. The zero-order valence-corrected chi connectivity index (χ0v) is 21.9. The molecule has 35 heavy (non-hydrogen) atoms. The van der Waals surface area contributed by atoms with E-state index in [2.05, 4.69) is 27.0 Å². The predicted octanol–water partition coefficient (Wildman–Crippen LogP) is 5.38. The van der Waals surface area contributed by atoms with Crippen LogP contribution in [0.5, 0.6) is 0 Å². The highest BCUT2D eigenvalue weighted by Crippen LogP contribution is 2.58. The van der Waals surface area contributed by atoms with Gasteiger partial charge in [0.15, 0.2) is 11.6 Å². The average Bonchev–Trinajstić information content (AvgIpc) is 2.87. The Bertz CT molecular complexity index is 971. The van der Waals surface area contributed by atoms with E-state index < -0.39 is 6.10 Å². The summed E-state index contributed by atoms with van der Waals surface area (Å²) in [6.45, 7) is 16.7. The van der Waals surface area contributed by atoms with Crippen LogP contribution in [0.2, 0.25) is 0 Å². The summed E-state index contributed by atoms with van der Waals surface area (Å²) in [7, 11) is 0. The highest BCUT2D eigenvalue weighted by Gasteiger charge is 2.54. The molecule has 7 atom stereocenters. The van der Waals surface area contributed by atoms with Gasteiger partial charge in [0.1, 0.15) is 6.10 Å². The molecule has 7 unspecified atom stereocenters. The summed E-state index contributed by atoms with van der Waals surface area (Å²) in [4.78, 5) is 39.4. The van der Waals surface area contributed by atoms with Gasteiger partial charge in [-0.25, -0.2) is 0 Å². The average molecular weight is 483 g/mol. The maximum absolute atomic E-state index is 13.6. The minimum Gasteiger partial charge on any atom is -0.457 e. The van der Waals surface area contributed by atoms with Gasteiger partial charge in [-0.3, -0.25) is 14.4 Å². The molecule has 4 aliphatic rings. The Kier molecular flexibility index (Phi) is 7.04. The number of Topliss-reactive ketones (excluding diaryl/α,β-unsaturated/α-hetero) is 2. The van der Waals surface area contributed by atoms with Gasteiger partial charge in [-0.2, -0.15) is 0 Å². The first-order valence-electron chi connectivity index (χ1n) is 13.3. The fraction of sp³-hybridized carbons (Fsp3) is 0.700. The summed E-state index contributed by atoms with van der Waals surface area (Å²) in [5, 5.41) is 9.90. The first-order valence-corrected chi connectivity index (χ1v) is 13.3. The molecule has 0 aliphatic heterocycles. The van der Waals surface area contributed by atoms with E-state index in [1.165, 1.54) is 0 Å². The van der Waals surface area contributed by atoms with Crippen molar-refractivity contribution in [3.05, 3.63) is 36.0 Å². The number of esters is 1. The van der Waals surface area contributed by atoms with Gasteiger partial charge in [-0.1, -0.05) is 45.6 Å². The Morgan fingerprint density at radius 1 is 1.09 bits per heavy atom. The second-order valence-corrected chi connectivity index (χ2v) is 12.7. The van der Waals surface area contributed by atoms with Gasteiger partial charge in [-0.05, 0) is 85.5 Å². The van der Waals surface area contributed by atoms with Gasteiger partial charge in [0, 0.05) is 25.0 Å². The standard InChI is InChI=1S/C30H42O5/c1-17-10-11-27(19(3)26(33)13-24-21(17)15-30(24,6)16-31)35-28(34)20-9-7-8-18(2)25(32)12-23-22(20)14-29(23,4)5/h8,20-24,27,31H,1,3,7,9-16H2,2,4-6H3. The molecule has 0 spiro atoms. The first-order chi connectivity index (χ1) is 16.4. The van der Waals surface area contributed by atoms with Gasteiger partial charge >= 0.3 is 5.97 Å². The van der Waals surface area contributed by atoms with Crippen LogP contribution in [0, 0.1) is 40.4 Å². The number of rotatable bonds is 3. The molecule has 192 valence electrons. The van der Waals surface area contributed by atoms with Crippen molar-refractivity contribution in [2.75, 3.05) is 6.61 Å². The van der Waals surface area contributed by atoms with Crippen LogP contribution in [0.4, 0.5) is 0 Å². The zero-order chi connectivity index (χ0) is 25.7. The Balaban J connectivity index is 1.51. The normalized spacial score (nSPS) is 39.6. The zero-order valence-electron chi connectivity index (χ0n) is 21.9. The maximum atomic E-state index is 13.6. The summed E-state index contributed by atoms with van der Waals surface area (Å²) in [5.41, 5.74) is 1.98. The number of fused-ring (bicyclic) bond motifs is 2. The summed E-state index contributed by atoms with van der Waals surface area (Å²) in [6, 6.07) is 0. The third-order valence-electron chi connectivity index (χ3n) is 9.97. The van der Waals surface area contributed by atoms with Crippen LogP contribution in [0.15, 0.2) is 36.0 Å².